The first-order chi connectivity index (χ1) is 9.72. The number of ether oxygens (including phenoxy) is 1. The molecule has 0 bridgehead atoms. The van der Waals surface area contributed by atoms with Crippen LogP contribution in [0.5, 0.6) is 0 Å². The molecule has 1 amide bonds. The molecule has 2 rings (SSSR count). The Morgan fingerprint density at radius 3 is 2.85 bits per heavy atom. The number of nitrogens with one attached hydrogen (secondary N) is 2. The second-order valence-corrected chi connectivity index (χ2v) is 4.17. The van der Waals surface area contributed by atoms with Crippen molar-refractivity contribution in [3.8, 4) is 0 Å². The summed E-state index contributed by atoms with van der Waals surface area (Å²) in [6, 6.07) is 8.67. The Labute approximate surface area is 116 Å². The second kappa shape index (κ2) is 6.68. The van der Waals surface area contributed by atoms with Crippen molar-refractivity contribution in [2.45, 2.75) is 13.5 Å². The van der Waals surface area contributed by atoms with Crippen molar-refractivity contribution < 1.29 is 9.53 Å². The van der Waals surface area contributed by atoms with Crippen molar-refractivity contribution in [2.75, 3.05) is 11.9 Å². The lowest BCUT2D eigenvalue weighted by Gasteiger charge is -2.10. The Bertz CT molecular complexity index is 649. The molecule has 0 saturated heterocycles. The number of hydrogen-bond donors (Lipinski definition) is 2. The summed E-state index contributed by atoms with van der Waals surface area (Å²) in [5.74, 6) is -0.434. The molecule has 0 fully saturated rings. The van der Waals surface area contributed by atoms with Crippen LogP contribution in [0.4, 0.5) is 5.69 Å². The van der Waals surface area contributed by atoms with E-state index in [2.05, 4.69) is 10.3 Å². The van der Waals surface area contributed by atoms with Gasteiger partial charge >= 0.3 is 0 Å². The van der Waals surface area contributed by atoms with Crippen molar-refractivity contribution in [3.05, 3.63) is 64.1 Å². The van der Waals surface area contributed by atoms with Crippen LogP contribution in [0.3, 0.4) is 0 Å². The minimum Gasteiger partial charge on any atom is -0.377 e. The molecule has 0 radical (unpaired) electrons. The van der Waals surface area contributed by atoms with Crippen molar-refractivity contribution in [1.29, 1.82) is 0 Å². The third-order valence-electron chi connectivity index (χ3n) is 2.80. The predicted molar refractivity (Wildman–Crippen MR) is 76.8 cm³/mol. The van der Waals surface area contributed by atoms with Gasteiger partial charge in [0.25, 0.3) is 5.91 Å². The SMILES string of the molecule is CCOCc1ccccc1NC(=O)c1c[nH]ccc1=O. The molecule has 0 spiro atoms. The number of H-pyrrole nitrogens is 1. The van der Waals surface area contributed by atoms with E-state index in [1.807, 2.05) is 25.1 Å². The van der Waals surface area contributed by atoms with E-state index < -0.39 is 5.91 Å². The Hall–Kier alpha value is -2.40. The summed E-state index contributed by atoms with van der Waals surface area (Å²) in [4.78, 5) is 26.4. The fourth-order valence-electron chi connectivity index (χ4n) is 1.76. The molecule has 0 atom stereocenters. The second-order valence-electron chi connectivity index (χ2n) is 4.17. The molecule has 0 aliphatic carbocycles. The maximum absolute atomic E-state index is 12.1. The molecule has 0 aliphatic heterocycles. The van der Waals surface area contributed by atoms with Gasteiger partial charge in [-0.1, -0.05) is 18.2 Å². The van der Waals surface area contributed by atoms with E-state index in [9.17, 15) is 9.59 Å². The summed E-state index contributed by atoms with van der Waals surface area (Å²) in [6.07, 6.45) is 2.88. The highest BCUT2D eigenvalue weighted by Gasteiger charge is 2.11. The molecule has 1 aromatic carbocycles. The summed E-state index contributed by atoms with van der Waals surface area (Å²) in [5.41, 5.74) is 1.28. The minimum atomic E-state index is -0.434. The molecule has 1 heterocycles. The zero-order valence-corrected chi connectivity index (χ0v) is 11.2. The third-order valence-corrected chi connectivity index (χ3v) is 2.80. The van der Waals surface area contributed by atoms with Gasteiger partial charge in [-0.2, -0.15) is 0 Å². The van der Waals surface area contributed by atoms with E-state index in [0.717, 1.165) is 5.56 Å². The van der Waals surface area contributed by atoms with Crippen molar-refractivity contribution in [3.63, 3.8) is 0 Å². The number of hydrogen-bond acceptors (Lipinski definition) is 3. The topological polar surface area (TPSA) is 71.2 Å². The first-order valence-corrected chi connectivity index (χ1v) is 6.36. The number of amides is 1. The maximum Gasteiger partial charge on any atom is 0.261 e. The molecule has 20 heavy (non-hydrogen) atoms. The summed E-state index contributed by atoms with van der Waals surface area (Å²) in [6.45, 7) is 2.92. The molecule has 1 aromatic heterocycles. The lowest BCUT2D eigenvalue weighted by atomic mass is 10.1. The number of pyridine rings is 1. The third kappa shape index (κ3) is 3.33. The molecular formula is C15H16N2O3. The van der Waals surface area contributed by atoms with Gasteiger partial charge in [-0.25, -0.2) is 0 Å². The Balaban J connectivity index is 2.20. The quantitative estimate of drug-likeness (QED) is 0.876. The standard InChI is InChI=1S/C15H16N2O3/c1-2-20-10-11-5-3-4-6-13(11)17-15(19)12-9-16-8-7-14(12)18/h3-9H,2,10H2,1H3,(H,16,18)(H,17,19). The van der Waals surface area contributed by atoms with Gasteiger partial charge in [-0.15, -0.1) is 0 Å². The molecule has 5 heteroatoms. The Morgan fingerprint density at radius 2 is 2.10 bits per heavy atom. The van der Waals surface area contributed by atoms with Crippen LogP contribution in [0.2, 0.25) is 0 Å². The predicted octanol–water partition coefficient (Wildman–Crippen LogP) is 2.16. The number of benzene rings is 1. The summed E-state index contributed by atoms with van der Waals surface area (Å²) in [5, 5.41) is 2.74. The number of rotatable bonds is 5. The van der Waals surface area contributed by atoms with Crippen LogP contribution in [0.25, 0.3) is 0 Å². The smallest absolute Gasteiger partial charge is 0.261 e. The monoisotopic (exact) mass is 272 g/mol. The normalized spacial score (nSPS) is 10.2. The molecule has 5 nitrogen and oxygen atoms in total. The van der Waals surface area contributed by atoms with Crippen LogP contribution in [-0.2, 0) is 11.3 Å². The van der Waals surface area contributed by atoms with Gasteiger partial charge in [0.15, 0.2) is 5.43 Å². The molecule has 0 unspecified atom stereocenters. The first-order valence-electron chi connectivity index (χ1n) is 6.36. The van der Waals surface area contributed by atoms with Crippen LogP contribution in [0.15, 0.2) is 47.5 Å². The number of anilines is 1. The fourth-order valence-corrected chi connectivity index (χ4v) is 1.76. The van der Waals surface area contributed by atoms with Crippen LogP contribution in [-0.4, -0.2) is 17.5 Å². The van der Waals surface area contributed by atoms with E-state index in [1.165, 1.54) is 18.5 Å². The Morgan fingerprint density at radius 1 is 1.30 bits per heavy atom. The van der Waals surface area contributed by atoms with Gasteiger partial charge in [0.1, 0.15) is 5.56 Å². The van der Waals surface area contributed by atoms with Gasteiger partial charge in [0.05, 0.1) is 6.61 Å². The van der Waals surface area contributed by atoms with Crippen molar-refractivity contribution in [1.82, 2.24) is 4.98 Å². The van der Waals surface area contributed by atoms with Crippen LogP contribution in [0, 0.1) is 0 Å². The molecular weight excluding hydrogens is 256 g/mol. The van der Waals surface area contributed by atoms with Crippen molar-refractivity contribution in [2.24, 2.45) is 0 Å². The van der Waals surface area contributed by atoms with Crippen molar-refractivity contribution >= 4 is 11.6 Å². The van der Waals surface area contributed by atoms with E-state index in [4.69, 9.17) is 4.74 Å². The molecule has 2 N–H and O–H groups in total. The number of carbonyl (C=O) groups is 1. The molecule has 0 aliphatic rings. The lowest BCUT2D eigenvalue weighted by Crippen LogP contribution is -2.21. The zero-order valence-electron chi connectivity index (χ0n) is 11.2. The summed E-state index contributed by atoms with van der Waals surface area (Å²) < 4.78 is 5.35. The highest BCUT2D eigenvalue weighted by molar-refractivity contribution is 6.04. The average Bonchev–Trinajstić information content (AvgIpc) is 2.46. The summed E-state index contributed by atoms with van der Waals surface area (Å²) in [7, 11) is 0. The van der Waals surface area contributed by atoms with Gasteiger partial charge in [-0.3, -0.25) is 9.59 Å². The first kappa shape index (κ1) is 14.0. The summed E-state index contributed by atoms with van der Waals surface area (Å²) >= 11 is 0. The average molecular weight is 272 g/mol. The van der Waals surface area contributed by atoms with Gasteiger partial charge in [-0.05, 0) is 13.0 Å². The number of carbonyl (C=O) groups excluding carboxylic acids is 1. The number of aromatic amines is 1. The fraction of sp³-hybridized carbons (Fsp3) is 0.200. The van der Waals surface area contributed by atoms with Gasteiger partial charge < -0.3 is 15.0 Å². The van der Waals surface area contributed by atoms with Crippen LogP contribution >= 0.6 is 0 Å². The Kier molecular flexibility index (Phi) is 4.68. The van der Waals surface area contributed by atoms with Gasteiger partial charge in [0.2, 0.25) is 0 Å². The highest BCUT2D eigenvalue weighted by Crippen LogP contribution is 2.16. The molecule has 2 aromatic rings. The number of para-hydroxylation sites is 1. The lowest BCUT2D eigenvalue weighted by molar-refractivity contribution is 0.102. The van der Waals surface area contributed by atoms with E-state index in [0.29, 0.717) is 18.9 Å². The molecule has 0 saturated carbocycles. The maximum atomic E-state index is 12.1. The number of aromatic nitrogens is 1. The highest BCUT2D eigenvalue weighted by atomic mass is 16.5. The molecule has 104 valence electrons. The van der Waals surface area contributed by atoms with E-state index in [-0.39, 0.29) is 11.0 Å². The zero-order chi connectivity index (χ0) is 14.4. The van der Waals surface area contributed by atoms with Crippen LogP contribution in [0.1, 0.15) is 22.8 Å². The van der Waals surface area contributed by atoms with Crippen LogP contribution < -0.4 is 10.7 Å². The van der Waals surface area contributed by atoms with E-state index in [1.54, 1.807) is 6.07 Å². The minimum absolute atomic E-state index is 0.0821. The van der Waals surface area contributed by atoms with Gasteiger partial charge in [0, 0.05) is 36.3 Å². The van der Waals surface area contributed by atoms with E-state index >= 15 is 0 Å². The largest absolute Gasteiger partial charge is 0.377 e.